The molecule has 1 N–H and O–H groups in total. The van der Waals surface area contributed by atoms with E-state index in [0.29, 0.717) is 30.1 Å². The van der Waals surface area contributed by atoms with Gasteiger partial charge in [-0.15, -0.1) is 0 Å². The maximum absolute atomic E-state index is 13.0. The van der Waals surface area contributed by atoms with Crippen LogP contribution in [-0.2, 0) is 18.1 Å². The molecule has 0 atom stereocenters. The summed E-state index contributed by atoms with van der Waals surface area (Å²) in [7, 11) is -1.25. The Morgan fingerprint density at radius 3 is 2.34 bits per heavy atom. The highest BCUT2D eigenvalue weighted by Gasteiger charge is 2.15. The Hall–Kier alpha value is -3.16. The normalized spacial score (nSPS) is 11.3. The average molecular weight is 452 g/mol. The highest BCUT2D eigenvalue weighted by molar-refractivity contribution is 6.76. The largest absolute Gasteiger partial charge is 0.489 e. The van der Waals surface area contributed by atoms with Crippen molar-refractivity contribution in [1.29, 1.82) is 0 Å². The highest BCUT2D eigenvalue weighted by atomic mass is 28.3. The van der Waals surface area contributed by atoms with E-state index in [-0.39, 0.29) is 17.9 Å². The van der Waals surface area contributed by atoms with E-state index < -0.39 is 14.0 Å². The first-order valence-corrected chi connectivity index (χ1v) is 14.3. The standard InChI is InChI=1S/C25H29NO5Si/c1-32(2,3)14-13-30-18-26-16-21(25(28)29)15-23(24(26)27)20-9-11-22(12-10-20)31-17-19-7-5-4-6-8-19/h4-12,15-16H,13-14,17-18H2,1-3H3,(H,28,29). The minimum absolute atomic E-state index is 0.0235. The van der Waals surface area contributed by atoms with Crippen molar-refractivity contribution in [2.75, 3.05) is 6.61 Å². The Labute approximate surface area is 189 Å². The lowest BCUT2D eigenvalue weighted by molar-refractivity contribution is 0.0688. The van der Waals surface area contributed by atoms with Crippen LogP contribution in [0, 0.1) is 0 Å². The zero-order chi connectivity index (χ0) is 23.1. The molecule has 0 saturated carbocycles. The Bertz CT molecular complexity index is 1100. The van der Waals surface area contributed by atoms with E-state index in [0.717, 1.165) is 11.6 Å². The number of carboxylic acid groups (broad SMARTS) is 1. The lowest BCUT2D eigenvalue weighted by atomic mass is 10.1. The highest BCUT2D eigenvalue weighted by Crippen LogP contribution is 2.22. The quantitative estimate of drug-likeness (QED) is 0.343. The molecule has 1 heterocycles. The van der Waals surface area contributed by atoms with Crippen molar-refractivity contribution in [3.63, 3.8) is 0 Å². The third-order valence-electron chi connectivity index (χ3n) is 4.97. The predicted molar refractivity (Wildman–Crippen MR) is 128 cm³/mol. The summed E-state index contributed by atoms with van der Waals surface area (Å²) in [6.45, 7) is 7.75. The molecule has 0 spiro atoms. The number of benzene rings is 2. The van der Waals surface area contributed by atoms with Crippen LogP contribution in [0.15, 0.2) is 71.7 Å². The van der Waals surface area contributed by atoms with Gasteiger partial charge in [0, 0.05) is 26.4 Å². The minimum atomic E-state index is -1.25. The van der Waals surface area contributed by atoms with Gasteiger partial charge in [0.1, 0.15) is 19.1 Å². The first-order chi connectivity index (χ1) is 15.2. The second-order valence-corrected chi connectivity index (χ2v) is 14.5. The number of aromatic carboxylic acids is 1. The predicted octanol–water partition coefficient (Wildman–Crippen LogP) is 5.10. The molecule has 0 fully saturated rings. The monoisotopic (exact) mass is 451 g/mol. The van der Waals surface area contributed by atoms with Crippen molar-refractivity contribution in [3.8, 4) is 16.9 Å². The molecule has 0 aliphatic heterocycles. The van der Waals surface area contributed by atoms with Gasteiger partial charge in [-0.1, -0.05) is 62.1 Å². The number of nitrogens with zero attached hydrogens (tertiary/aromatic N) is 1. The molecular weight excluding hydrogens is 422 g/mol. The molecular formula is C25H29NO5Si. The summed E-state index contributed by atoms with van der Waals surface area (Å²) in [6, 6.07) is 19.3. The number of aromatic nitrogens is 1. The lowest BCUT2D eigenvalue weighted by Crippen LogP contribution is -2.26. The molecule has 0 amide bonds. The number of hydrogen-bond donors (Lipinski definition) is 1. The van der Waals surface area contributed by atoms with E-state index in [4.69, 9.17) is 9.47 Å². The van der Waals surface area contributed by atoms with E-state index in [2.05, 4.69) is 19.6 Å². The molecule has 3 aromatic rings. The molecule has 0 aliphatic carbocycles. The Kier molecular flexibility index (Phi) is 7.66. The van der Waals surface area contributed by atoms with Gasteiger partial charge in [-0.3, -0.25) is 9.36 Å². The van der Waals surface area contributed by atoms with Crippen LogP contribution in [0.1, 0.15) is 15.9 Å². The zero-order valence-corrected chi connectivity index (χ0v) is 19.7. The van der Waals surface area contributed by atoms with E-state index >= 15 is 0 Å². The fourth-order valence-electron chi connectivity index (χ4n) is 3.07. The van der Waals surface area contributed by atoms with Gasteiger partial charge in [0.15, 0.2) is 0 Å². The number of carbonyl (C=O) groups is 1. The number of pyridine rings is 1. The molecule has 6 nitrogen and oxygen atoms in total. The minimum Gasteiger partial charge on any atom is -0.489 e. The zero-order valence-electron chi connectivity index (χ0n) is 18.7. The van der Waals surface area contributed by atoms with Gasteiger partial charge in [-0.25, -0.2) is 4.79 Å². The van der Waals surface area contributed by atoms with Crippen LogP contribution in [0.4, 0.5) is 0 Å². The lowest BCUT2D eigenvalue weighted by Gasteiger charge is -2.16. The molecule has 168 valence electrons. The fraction of sp³-hybridized carbons (Fsp3) is 0.280. The van der Waals surface area contributed by atoms with Crippen molar-refractivity contribution in [3.05, 3.63) is 88.3 Å². The number of carboxylic acids is 1. The Morgan fingerprint density at radius 2 is 1.72 bits per heavy atom. The van der Waals surface area contributed by atoms with Crippen LogP contribution in [0.3, 0.4) is 0 Å². The third-order valence-corrected chi connectivity index (χ3v) is 6.68. The van der Waals surface area contributed by atoms with Crippen molar-refractivity contribution in [2.45, 2.75) is 39.0 Å². The Balaban J connectivity index is 1.77. The smallest absolute Gasteiger partial charge is 0.337 e. The van der Waals surface area contributed by atoms with E-state index in [9.17, 15) is 14.7 Å². The summed E-state index contributed by atoms with van der Waals surface area (Å²) in [4.78, 5) is 24.6. The summed E-state index contributed by atoms with van der Waals surface area (Å²) < 4.78 is 12.8. The third kappa shape index (κ3) is 6.67. The van der Waals surface area contributed by atoms with Crippen LogP contribution < -0.4 is 10.3 Å². The summed E-state index contributed by atoms with van der Waals surface area (Å²) >= 11 is 0. The average Bonchev–Trinajstić information content (AvgIpc) is 2.76. The van der Waals surface area contributed by atoms with Gasteiger partial charge < -0.3 is 14.6 Å². The maximum atomic E-state index is 13.0. The topological polar surface area (TPSA) is 77.8 Å². The number of rotatable bonds is 10. The van der Waals surface area contributed by atoms with Gasteiger partial charge in [-0.2, -0.15) is 0 Å². The van der Waals surface area contributed by atoms with Crippen LogP contribution in [0.5, 0.6) is 5.75 Å². The Morgan fingerprint density at radius 1 is 1.03 bits per heavy atom. The molecule has 0 radical (unpaired) electrons. The summed E-state index contributed by atoms with van der Waals surface area (Å²) in [5.74, 6) is -0.424. The SMILES string of the molecule is C[Si](C)(C)CCOCn1cc(C(=O)O)cc(-c2ccc(OCc3ccccc3)cc2)c1=O. The summed E-state index contributed by atoms with van der Waals surface area (Å²) in [5, 5.41) is 9.50. The van der Waals surface area contributed by atoms with E-state index in [1.807, 2.05) is 30.3 Å². The molecule has 3 rings (SSSR count). The number of ether oxygens (including phenoxy) is 2. The number of hydrogen-bond acceptors (Lipinski definition) is 4. The molecule has 1 aromatic heterocycles. The van der Waals surface area contributed by atoms with Gasteiger partial charge in [0.05, 0.1) is 5.56 Å². The van der Waals surface area contributed by atoms with E-state index in [1.165, 1.54) is 16.8 Å². The van der Waals surface area contributed by atoms with Gasteiger partial charge in [0.25, 0.3) is 5.56 Å². The van der Waals surface area contributed by atoms with Crippen molar-refractivity contribution < 1.29 is 19.4 Å². The molecule has 0 bridgehead atoms. The van der Waals surface area contributed by atoms with Gasteiger partial charge >= 0.3 is 5.97 Å². The fourth-order valence-corrected chi connectivity index (χ4v) is 3.82. The molecule has 32 heavy (non-hydrogen) atoms. The molecule has 0 saturated heterocycles. The van der Waals surface area contributed by atoms with Crippen LogP contribution in [-0.4, -0.2) is 30.3 Å². The van der Waals surface area contributed by atoms with E-state index in [1.54, 1.807) is 24.3 Å². The summed E-state index contributed by atoms with van der Waals surface area (Å²) in [5.41, 5.74) is 1.75. The van der Waals surface area contributed by atoms with Crippen LogP contribution >= 0.6 is 0 Å². The first-order valence-electron chi connectivity index (χ1n) is 10.6. The summed E-state index contributed by atoms with van der Waals surface area (Å²) in [6.07, 6.45) is 1.33. The van der Waals surface area contributed by atoms with Crippen LogP contribution in [0.2, 0.25) is 25.7 Å². The van der Waals surface area contributed by atoms with Crippen LogP contribution in [0.25, 0.3) is 11.1 Å². The van der Waals surface area contributed by atoms with Crippen molar-refractivity contribution in [2.24, 2.45) is 0 Å². The van der Waals surface area contributed by atoms with Gasteiger partial charge in [0.2, 0.25) is 0 Å². The van der Waals surface area contributed by atoms with Crippen molar-refractivity contribution >= 4 is 14.0 Å². The second kappa shape index (κ2) is 10.4. The van der Waals surface area contributed by atoms with Gasteiger partial charge in [-0.05, 0) is 35.4 Å². The first kappa shape index (κ1) is 23.5. The molecule has 2 aromatic carbocycles. The maximum Gasteiger partial charge on any atom is 0.337 e. The van der Waals surface area contributed by atoms with Crippen molar-refractivity contribution in [1.82, 2.24) is 4.57 Å². The second-order valence-electron chi connectivity index (χ2n) is 8.87. The molecule has 0 unspecified atom stereocenters. The molecule has 0 aliphatic rings. The molecule has 7 heteroatoms.